The molecule has 1 aliphatic rings. The maximum atomic E-state index is 3.57. The molecule has 90 valence electrons. The summed E-state index contributed by atoms with van der Waals surface area (Å²) in [5.41, 5.74) is 0. The summed E-state index contributed by atoms with van der Waals surface area (Å²) >= 11 is 0. The molecule has 1 N–H and O–H groups in total. The van der Waals surface area contributed by atoms with E-state index in [1.165, 1.54) is 52.0 Å². The first-order chi connectivity index (χ1) is 7.22. The van der Waals surface area contributed by atoms with Gasteiger partial charge in [-0.2, -0.15) is 0 Å². The number of likely N-dealkylation sites (N-methyl/N-ethyl adjacent to an activating group) is 1. The molecular weight excluding hydrogens is 186 g/mol. The van der Waals surface area contributed by atoms with Gasteiger partial charge in [-0.1, -0.05) is 6.92 Å². The molecule has 0 spiro atoms. The van der Waals surface area contributed by atoms with Gasteiger partial charge in [0.2, 0.25) is 0 Å². The quantitative estimate of drug-likeness (QED) is 0.681. The summed E-state index contributed by atoms with van der Waals surface area (Å²) in [6.45, 7) is 8.36. The largest absolute Gasteiger partial charge is 0.313 e. The first-order valence-corrected chi connectivity index (χ1v) is 6.33. The Bertz CT molecular complexity index is 153. The lowest BCUT2D eigenvalue weighted by atomic mass is 10.2. The summed E-state index contributed by atoms with van der Waals surface area (Å²) in [7, 11) is 4.30. The molecule has 0 aromatic heterocycles. The lowest BCUT2D eigenvalue weighted by molar-refractivity contribution is 0.245. The number of nitrogens with one attached hydrogen (secondary N) is 1. The summed E-state index contributed by atoms with van der Waals surface area (Å²) in [6, 6.07) is 0.754. The van der Waals surface area contributed by atoms with Gasteiger partial charge in [0.1, 0.15) is 0 Å². The highest BCUT2D eigenvalue weighted by Crippen LogP contribution is 2.07. The topological polar surface area (TPSA) is 18.5 Å². The molecule has 0 amide bonds. The van der Waals surface area contributed by atoms with Crippen molar-refractivity contribution in [1.29, 1.82) is 0 Å². The van der Waals surface area contributed by atoms with Crippen molar-refractivity contribution in [2.45, 2.75) is 32.2 Å². The minimum absolute atomic E-state index is 0.754. The second-order valence-electron chi connectivity index (χ2n) is 4.84. The zero-order chi connectivity index (χ0) is 11.1. The Morgan fingerprint density at radius 2 is 2.07 bits per heavy atom. The standard InChI is InChI=1S/C12H27N3/c1-4-15(10-6-9-14(2)3)11-12-7-5-8-13-12/h12-13H,4-11H2,1-3H3/t12-/m0/s1. The van der Waals surface area contributed by atoms with E-state index in [2.05, 4.69) is 36.1 Å². The number of hydrogen-bond acceptors (Lipinski definition) is 3. The summed E-state index contributed by atoms with van der Waals surface area (Å²) in [6.07, 6.45) is 4.01. The SMILES string of the molecule is CCN(CCCN(C)C)C[C@@H]1CCCN1. The number of nitrogens with zero attached hydrogens (tertiary/aromatic N) is 2. The van der Waals surface area contributed by atoms with Crippen LogP contribution < -0.4 is 5.32 Å². The van der Waals surface area contributed by atoms with Crippen LogP contribution in [-0.2, 0) is 0 Å². The van der Waals surface area contributed by atoms with E-state index < -0.39 is 0 Å². The van der Waals surface area contributed by atoms with Gasteiger partial charge in [0.05, 0.1) is 0 Å². The van der Waals surface area contributed by atoms with Crippen LogP contribution in [0.2, 0.25) is 0 Å². The van der Waals surface area contributed by atoms with Crippen LogP contribution in [0.4, 0.5) is 0 Å². The third-order valence-electron chi connectivity index (χ3n) is 3.17. The summed E-state index contributed by atoms with van der Waals surface area (Å²) in [5, 5.41) is 3.57. The van der Waals surface area contributed by atoms with Crippen LogP contribution in [0.3, 0.4) is 0 Å². The van der Waals surface area contributed by atoms with Crippen molar-refractivity contribution in [2.24, 2.45) is 0 Å². The molecule has 0 unspecified atom stereocenters. The van der Waals surface area contributed by atoms with Crippen molar-refractivity contribution in [2.75, 3.05) is 46.8 Å². The second kappa shape index (κ2) is 7.20. The third kappa shape index (κ3) is 5.50. The zero-order valence-corrected chi connectivity index (χ0v) is 10.6. The zero-order valence-electron chi connectivity index (χ0n) is 10.6. The van der Waals surface area contributed by atoms with Gasteiger partial charge in [0.25, 0.3) is 0 Å². The monoisotopic (exact) mass is 213 g/mol. The molecule has 3 heteroatoms. The predicted molar refractivity (Wildman–Crippen MR) is 66.3 cm³/mol. The Labute approximate surface area is 94.8 Å². The van der Waals surface area contributed by atoms with Gasteiger partial charge in [-0.25, -0.2) is 0 Å². The smallest absolute Gasteiger partial charge is 0.0195 e. The van der Waals surface area contributed by atoms with E-state index in [4.69, 9.17) is 0 Å². The summed E-state index contributed by atoms with van der Waals surface area (Å²) < 4.78 is 0. The van der Waals surface area contributed by atoms with Crippen molar-refractivity contribution in [1.82, 2.24) is 15.1 Å². The van der Waals surface area contributed by atoms with Crippen molar-refractivity contribution in [3.8, 4) is 0 Å². The number of rotatable bonds is 7. The highest BCUT2D eigenvalue weighted by molar-refractivity contribution is 4.77. The fourth-order valence-electron chi connectivity index (χ4n) is 2.21. The highest BCUT2D eigenvalue weighted by atomic mass is 15.2. The van der Waals surface area contributed by atoms with Crippen LogP contribution in [0.15, 0.2) is 0 Å². The van der Waals surface area contributed by atoms with Gasteiger partial charge in [-0.15, -0.1) is 0 Å². The fraction of sp³-hybridized carbons (Fsp3) is 1.00. The molecule has 0 saturated carbocycles. The predicted octanol–water partition coefficient (Wildman–Crippen LogP) is 1.01. The third-order valence-corrected chi connectivity index (χ3v) is 3.17. The molecule has 1 atom stereocenters. The Morgan fingerprint density at radius 1 is 1.27 bits per heavy atom. The van der Waals surface area contributed by atoms with Crippen LogP contribution in [0.1, 0.15) is 26.2 Å². The molecule has 1 rings (SSSR count). The maximum Gasteiger partial charge on any atom is 0.0195 e. The van der Waals surface area contributed by atoms with E-state index in [0.717, 1.165) is 6.04 Å². The van der Waals surface area contributed by atoms with Gasteiger partial charge >= 0.3 is 0 Å². The summed E-state index contributed by atoms with van der Waals surface area (Å²) in [5.74, 6) is 0. The second-order valence-corrected chi connectivity index (χ2v) is 4.84. The lowest BCUT2D eigenvalue weighted by Gasteiger charge is -2.24. The average Bonchev–Trinajstić information content (AvgIpc) is 2.68. The Balaban J connectivity index is 2.11. The van der Waals surface area contributed by atoms with Crippen LogP contribution in [0.5, 0.6) is 0 Å². The van der Waals surface area contributed by atoms with E-state index >= 15 is 0 Å². The van der Waals surface area contributed by atoms with Crippen molar-refractivity contribution < 1.29 is 0 Å². The van der Waals surface area contributed by atoms with Crippen LogP contribution in [-0.4, -0.2) is 62.7 Å². The van der Waals surface area contributed by atoms with E-state index in [9.17, 15) is 0 Å². The maximum absolute atomic E-state index is 3.57. The van der Waals surface area contributed by atoms with Gasteiger partial charge in [0, 0.05) is 12.6 Å². The molecule has 0 bridgehead atoms. The van der Waals surface area contributed by atoms with Crippen LogP contribution in [0.25, 0.3) is 0 Å². The number of hydrogen-bond donors (Lipinski definition) is 1. The molecular formula is C12H27N3. The molecule has 1 heterocycles. The Hall–Kier alpha value is -0.120. The van der Waals surface area contributed by atoms with E-state index in [1.54, 1.807) is 0 Å². The van der Waals surface area contributed by atoms with Crippen molar-refractivity contribution in [3.05, 3.63) is 0 Å². The minimum Gasteiger partial charge on any atom is -0.313 e. The molecule has 0 aromatic rings. The minimum atomic E-state index is 0.754. The van der Waals surface area contributed by atoms with E-state index in [0.29, 0.717) is 0 Å². The van der Waals surface area contributed by atoms with Gasteiger partial charge in [-0.3, -0.25) is 0 Å². The normalized spacial score (nSPS) is 21.8. The highest BCUT2D eigenvalue weighted by Gasteiger charge is 2.16. The Morgan fingerprint density at radius 3 is 2.60 bits per heavy atom. The molecule has 1 saturated heterocycles. The molecule has 15 heavy (non-hydrogen) atoms. The van der Waals surface area contributed by atoms with Gasteiger partial charge < -0.3 is 15.1 Å². The first-order valence-electron chi connectivity index (χ1n) is 6.33. The van der Waals surface area contributed by atoms with Crippen LogP contribution >= 0.6 is 0 Å². The van der Waals surface area contributed by atoms with Crippen molar-refractivity contribution in [3.63, 3.8) is 0 Å². The molecule has 0 aliphatic carbocycles. The average molecular weight is 213 g/mol. The molecule has 3 nitrogen and oxygen atoms in total. The van der Waals surface area contributed by atoms with E-state index in [1.807, 2.05) is 0 Å². The molecule has 1 fully saturated rings. The van der Waals surface area contributed by atoms with Crippen molar-refractivity contribution >= 4 is 0 Å². The van der Waals surface area contributed by atoms with Gasteiger partial charge in [-0.05, 0) is 59.5 Å². The summed E-state index contributed by atoms with van der Waals surface area (Å²) in [4.78, 5) is 4.84. The van der Waals surface area contributed by atoms with Crippen LogP contribution in [0, 0.1) is 0 Å². The molecule has 0 aromatic carbocycles. The Kier molecular flexibility index (Phi) is 6.22. The first kappa shape index (κ1) is 12.9. The molecule has 1 aliphatic heterocycles. The molecule has 0 radical (unpaired) electrons. The van der Waals surface area contributed by atoms with Gasteiger partial charge in [0.15, 0.2) is 0 Å². The fourth-order valence-corrected chi connectivity index (χ4v) is 2.21. The van der Waals surface area contributed by atoms with E-state index in [-0.39, 0.29) is 0 Å². The lowest BCUT2D eigenvalue weighted by Crippen LogP contribution is -2.38.